The molecule has 0 radical (unpaired) electrons. The first-order chi connectivity index (χ1) is 14.9. The third-order valence-electron chi connectivity index (χ3n) is 6.63. The van der Waals surface area contributed by atoms with E-state index in [0.717, 1.165) is 36.3 Å². The molecule has 160 valence electrons. The van der Waals surface area contributed by atoms with Crippen molar-refractivity contribution in [3.05, 3.63) is 64.3 Å². The van der Waals surface area contributed by atoms with E-state index in [-0.39, 0.29) is 17.4 Å². The number of halogens is 1. The molecule has 0 unspecified atom stereocenters. The summed E-state index contributed by atoms with van der Waals surface area (Å²) in [5.74, 6) is 0.0119. The summed E-state index contributed by atoms with van der Waals surface area (Å²) in [5, 5.41) is 8.65. The van der Waals surface area contributed by atoms with Crippen molar-refractivity contribution in [2.75, 3.05) is 25.0 Å². The molecule has 2 aromatic carbocycles. The Morgan fingerprint density at radius 3 is 2.55 bits per heavy atom. The van der Waals surface area contributed by atoms with Gasteiger partial charge >= 0.3 is 6.03 Å². The Hall–Kier alpha value is -2.83. The van der Waals surface area contributed by atoms with Crippen molar-refractivity contribution in [1.82, 2.24) is 15.2 Å². The van der Waals surface area contributed by atoms with Gasteiger partial charge in [-0.15, -0.1) is 0 Å². The van der Waals surface area contributed by atoms with Crippen LogP contribution in [0.15, 0.2) is 42.5 Å². The van der Waals surface area contributed by atoms with E-state index in [1.165, 1.54) is 23.6 Å². The number of rotatable bonds is 2. The van der Waals surface area contributed by atoms with E-state index in [0.29, 0.717) is 24.3 Å². The minimum Gasteiger partial charge on any atom is -0.357 e. The highest BCUT2D eigenvalue weighted by atomic mass is 35.5. The van der Waals surface area contributed by atoms with Gasteiger partial charge in [0, 0.05) is 52.5 Å². The zero-order valence-corrected chi connectivity index (χ0v) is 18.2. The van der Waals surface area contributed by atoms with Crippen molar-refractivity contribution in [3.8, 4) is 0 Å². The molecule has 2 aliphatic heterocycles. The summed E-state index contributed by atoms with van der Waals surface area (Å²) >= 11 is 6.24. The standard InChI is InChI=1S/C24H25ClN4O2/c1-15(30)16-2-5-18(6-3-16)27-23(31)29-12-9-24(10-13-29)22-19(8-11-26-24)20-14-17(25)4-7-21(20)28-22/h2-7,14,26,28H,8-13H2,1H3,(H,27,31). The van der Waals surface area contributed by atoms with Gasteiger partial charge in [0.1, 0.15) is 0 Å². The number of aromatic amines is 1. The Labute approximate surface area is 186 Å². The molecule has 1 aromatic heterocycles. The number of H-pyrrole nitrogens is 1. The van der Waals surface area contributed by atoms with Crippen molar-refractivity contribution >= 4 is 40.0 Å². The Kier molecular flexibility index (Phi) is 4.99. The number of fused-ring (bicyclic) bond motifs is 4. The fourth-order valence-corrected chi connectivity index (χ4v) is 5.08. The van der Waals surface area contributed by atoms with Gasteiger partial charge in [0.05, 0.1) is 5.54 Å². The number of amides is 2. The van der Waals surface area contributed by atoms with Gasteiger partial charge in [-0.2, -0.15) is 0 Å². The highest BCUT2D eigenvalue weighted by Gasteiger charge is 2.42. The molecular formula is C24H25ClN4O2. The van der Waals surface area contributed by atoms with Crippen LogP contribution in [0, 0.1) is 0 Å². The molecule has 0 aliphatic carbocycles. The SMILES string of the molecule is CC(=O)c1ccc(NC(=O)N2CCC3(CC2)NCCc2c3[nH]c3ccc(Cl)cc23)cc1. The average molecular weight is 437 g/mol. The molecule has 0 saturated carbocycles. The molecule has 0 bridgehead atoms. The zero-order chi connectivity index (χ0) is 21.6. The molecule has 1 fully saturated rings. The Morgan fingerprint density at radius 2 is 1.84 bits per heavy atom. The minimum atomic E-state index is -0.140. The van der Waals surface area contributed by atoms with Gasteiger partial charge in [0.25, 0.3) is 0 Å². The van der Waals surface area contributed by atoms with Crippen LogP contribution >= 0.6 is 11.6 Å². The first kappa shape index (κ1) is 20.1. The average Bonchev–Trinajstić information content (AvgIpc) is 3.14. The Morgan fingerprint density at radius 1 is 1.10 bits per heavy atom. The van der Waals surface area contributed by atoms with Crippen LogP contribution in [0.2, 0.25) is 5.02 Å². The van der Waals surface area contributed by atoms with Crippen molar-refractivity contribution in [3.63, 3.8) is 0 Å². The van der Waals surface area contributed by atoms with Gasteiger partial charge in [0.2, 0.25) is 0 Å². The predicted octanol–water partition coefficient (Wildman–Crippen LogP) is 4.69. The van der Waals surface area contributed by atoms with Crippen LogP contribution in [-0.2, 0) is 12.0 Å². The number of carbonyl (C=O) groups is 2. The highest BCUT2D eigenvalue weighted by Crippen LogP contribution is 2.40. The molecule has 5 rings (SSSR count). The molecule has 2 aliphatic rings. The van der Waals surface area contributed by atoms with Crippen molar-refractivity contribution < 1.29 is 9.59 Å². The van der Waals surface area contributed by atoms with E-state index >= 15 is 0 Å². The van der Waals surface area contributed by atoms with E-state index in [4.69, 9.17) is 11.6 Å². The lowest BCUT2D eigenvalue weighted by Gasteiger charge is -2.44. The number of hydrogen-bond acceptors (Lipinski definition) is 3. The van der Waals surface area contributed by atoms with Gasteiger partial charge in [0.15, 0.2) is 5.78 Å². The number of ketones is 1. The van der Waals surface area contributed by atoms with E-state index in [9.17, 15) is 9.59 Å². The Balaban J connectivity index is 1.31. The molecule has 3 heterocycles. The summed E-state index contributed by atoms with van der Waals surface area (Å²) in [5.41, 5.74) is 4.90. The molecule has 1 spiro atoms. The maximum atomic E-state index is 12.8. The fourth-order valence-electron chi connectivity index (χ4n) is 4.91. The molecule has 6 nitrogen and oxygen atoms in total. The number of piperidine rings is 1. The van der Waals surface area contributed by atoms with Crippen molar-refractivity contribution in [2.45, 2.75) is 31.7 Å². The third kappa shape index (κ3) is 3.60. The second-order valence-corrected chi connectivity index (χ2v) is 8.91. The smallest absolute Gasteiger partial charge is 0.321 e. The second-order valence-electron chi connectivity index (χ2n) is 8.48. The molecule has 1 saturated heterocycles. The van der Waals surface area contributed by atoms with Crippen LogP contribution in [0.25, 0.3) is 10.9 Å². The first-order valence-corrected chi connectivity index (χ1v) is 11.1. The summed E-state index contributed by atoms with van der Waals surface area (Å²) < 4.78 is 0. The number of nitrogens with zero attached hydrogens (tertiary/aromatic N) is 1. The fraction of sp³-hybridized carbons (Fsp3) is 0.333. The molecule has 7 heteroatoms. The number of benzene rings is 2. The van der Waals surface area contributed by atoms with E-state index < -0.39 is 0 Å². The molecule has 3 aromatic rings. The lowest BCUT2D eigenvalue weighted by Crippen LogP contribution is -2.55. The summed E-state index contributed by atoms with van der Waals surface area (Å²) in [4.78, 5) is 29.7. The summed E-state index contributed by atoms with van der Waals surface area (Å²) in [6.07, 6.45) is 2.66. The lowest BCUT2D eigenvalue weighted by molar-refractivity contribution is 0.101. The molecule has 0 atom stereocenters. The quantitative estimate of drug-likeness (QED) is 0.510. The summed E-state index contributed by atoms with van der Waals surface area (Å²) in [6.45, 7) is 3.78. The van der Waals surface area contributed by atoms with E-state index in [2.05, 4.69) is 15.6 Å². The van der Waals surface area contributed by atoms with Gasteiger partial charge in [-0.25, -0.2) is 4.79 Å². The molecule has 3 N–H and O–H groups in total. The largest absolute Gasteiger partial charge is 0.357 e. The minimum absolute atomic E-state index is 0.0119. The van der Waals surface area contributed by atoms with Crippen LogP contribution in [0.4, 0.5) is 10.5 Å². The number of hydrogen-bond donors (Lipinski definition) is 3. The van der Waals surface area contributed by atoms with Crippen molar-refractivity contribution in [2.24, 2.45) is 0 Å². The van der Waals surface area contributed by atoms with Crippen LogP contribution in [-0.4, -0.2) is 41.3 Å². The van der Waals surface area contributed by atoms with E-state index in [1.807, 2.05) is 23.1 Å². The number of nitrogens with one attached hydrogen (secondary N) is 3. The number of likely N-dealkylation sites (tertiary alicyclic amines) is 1. The zero-order valence-electron chi connectivity index (χ0n) is 17.4. The van der Waals surface area contributed by atoms with Crippen LogP contribution in [0.1, 0.15) is 41.4 Å². The Bertz CT molecular complexity index is 1160. The predicted molar refractivity (Wildman–Crippen MR) is 123 cm³/mol. The summed E-state index contributed by atoms with van der Waals surface area (Å²) in [7, 11) is 0. The highest BCUT2D eigenvalue weighted by molar-refractivity contribution is 6.31. The first-order valence-electron chi connectivity index (χ1n) is 10.7. The van der Waals surface area contributed by atoms with Crippen molar-refractivity contribution in [1.29, 1.82) is 0 Å². The topological polar surface area (TPSA) is 77.2 Å². The lowest BCUT2D eigenvalue weighted by atomic mass is 9.79. The van der Waals surface area contributed by atoms with Gasteiger partial charge in [-0.3, -0.25) is 4.79 Å². The number of aromatic nitrogens is 1. The second kappa shape index (κ2) is 7.70. The number of anilines is 1. The van der Waals surface area contributed by atoms with Gasteiger partial charge in [-0.05, 0) is 74.2 Å². The molecule has 2 amide bonds. The summed E-state index contributed by atoms with van der Waals surface area (Å²) in [6, 6.07) is 12.9. The number of urea groups is 1. The maximum absolute atomic E-state index is 12.8. The van der Waals surface area contributed by atoms with Gasteiger partial charge in [-0.1, -0.05) is 11.6 Å². The number of Topliss-reactive ketones (excluding diaryl/α,β-unsaturated/α-hetero) is 1. The molecular weight excluding hydrogens is 412 g/mol. The maximum Gasteiger partial charge on any atom is 0.321 e. The third-order valence-corrected chi connectivity index (χ3v) is 6.87. The van der Waals surface area contributed by atoms with Gasteiger partial charge < -0.3 is 20.5 Å². The number of carbonyl (C=O) groups excluding carboxylic acids is 2. The van der Waals surface area contributed by atoms with Crippen LogP contribution < -0.4 is 10.6 Å². The monoisotopic (exact) mass is 436 g/mol. The van der Waals surface area contributed by atoms with Crippen LogP contribution in [0.3, 0.4) is 0 Å². The van der Waals surface area contributed by atoms with E-state index in [1.54, 1.807) is 24.3 Å². The molecule has 31 heavy (non-hydrogen) atoms. The normalized spacial score (nSPS) is 17.5. The van der Waals surface area contributed by atoms with Crippen LogP contribution in [0.5, 0.6) is 0 Å².